The average Bonchev–Trinajstić information content (AvgIpc) is 3.32. The fraction of sp³-hybridized carbons (Fsp3) is 0.143. The van der Waals surface area contributed by atoms with E-state index >= 15 is 0 Å². The fourth-order valence-electron chi connectivity index (χ4n) is 2.04. The summed E-state index contributed by atoms with van der Waals surface area (Å²) < 4.78 is 6.72. The zero-order valence-electron chi connectivity index (χ0n) is 12.2. The van der Waals surface area contributed by atoms with Gasteiger partial charge in [-0.05, 0) is 23.6 Å². The van der Waals surface area contributed by atoms with E-state index < -0.39 is 0 Å². The number of aromatic nitrogens is 4. The first-order chi connectivity index (χ1) is 11.8. The molecule has 10 heteroatoms. The van der Waals surface area contributed by atoms with E-state index in [2.05, 4.69) is 25.5 Å². The molecule has 4 aromatic heterocycles. The van der Waals surface area contributed by atoms with E-state index in [0.717, 1.165) is 20.7 Å². The third-order valence-corrected chi connectivity index (χ3v) is 6.02. The van der Waals surface area contributed by atoms with E-state index in [0.29, 0.717) is 22.8 Å². The zero-order valence-corrected chi connectivity index (χ0v) is 14.6. The van der Waals surface area contributed by atoms with Crippen molar-refractivity contribution in [1.29, 1.82) is 0 Å². The topological polar surface area (TPSA) is 96.7 Å². The van der Waals surface area contributed by atoms with Crippen LogP contribution in [-0.2, 0) is 12.3 Å². The van der Waals surface area contributed by atoms with Crippen LogP contribution in [0.1, 0.15) is 11.6 Å². The van der Waals surface area contributed by atoms with E-state index in [1.165, 1.54) is 34.4 Å². The van der Waals surface area contributed by atoms with E-state index in [1.807, 2.05) is 23.6 Å². The van der Waals surface area contributed by atoms with Gasteiger partial charge in [-0.15, -0.1) is 21.5 Å². The summed E-state index contributed by atoms with van der Waals surface area (Å²) in [5.41, 5.74) is 0.640. The number of nitrogens with one attached hydrogen (secondary N) is 2. The second-order valence-electron chi connectivity index (χ2n) is 4.74. The van der Waals surface area contributed by atoms with Crippen LogP contribution in [-0.4, -0.2) is 20.2 Å². The molecule has 0 bridgehead atoms. The van der Waals surface area contributed by atoms with Crippen LogP contribution in [0.3, 0.4) is 0 Å². The number of hydrogen-bond acceptors (Lipinski definition) is 9. The SMILES string of the molecule is O=c1[nH]c(CSc2nnc(NCc3ccco3)s2)nc2ccsc12. The number of hydrogen-bond donors (Lipinski definition) is 2. The van der Waals surface area contributed by atoms with Crippen LogP contribution in [0.15, 0.2) is 43.4 Å². The van der Waals surface area contributed by atoms with Gasteiger partial charge in [0, 0.05) is 0 Å². The van der Waals surface area contributed by atoms with Crippen molar-refractivity contribution >= 4 is 49.8 Å². The number of rotatable bonds is 6. The predicted molar refractivity (Wildman–Crippen MR) is 95.7 cm³/mol. The number of anilines is 1. The van der Waals surface area contributed by atoms with Gasteiger partial charge in [-0.2, -0.15) is 0 Å². The molecule has 24 heavy (non-hydrogen) atoms. The van der Waals surface area contributed by atoms with Gasteiger partial charge in [-0.3, -0.25) is 4.79 Å². The molecular formula is C14H11N5O2S3. The molecule has 0 fully saturated rings. The summed E-state index contributed by atoms with van der Waals surface area (Å²) in [6.45, 7) is 0.565. The standard InChI is InChI=1S/C14H11N5O2S3/c20-12-11-9(3-5-22-11)16-10(17-12)7-23-14-19-18-13(24-14)15-6-8-2-1-4-21-8/h1-5H,6-7H2,(H,15,18)(H,16,17,20). The zero-order chi connectivity index (χ0) is 16.4. The number of furan rings is 1. The van der Waals surface area contributed by atoms with Crippen molar-refractivity contribution in [2.24, 2.45) is 0 Å². The molecule has 4 aromatic rings. The van der Waals surface area contributed by atoms with Gasteiger partial charge in [0.25, 0.3) is 5.56 Å². The van der Waals surface area contributed by atoms with E-state index in [-0.39, 0.29) is 5.56 Å². The molecular weight excluding hydrogens is 366 g/mol. The molecule has 0 spiro atoms. The fourth-order valence-corrected chi connectivity index (χ4v) is 4.38. The second kappa shape index (κ2) is 6.75. The maximum atomic E-state index is 11.9. The summed E-state index contributed by atoms with van der Waals surface area (Å²) in [5, 5.41) is 14.0. The molecule has 0 radical (unpaired) electrons. The Kier molecular flexibility index (Phi) is 4.32. The van der Waals surface area contributed by atoms with Gasteiger partial charge in [-0.25, -0.2) is 4.98 Å². The maximum absolute atomic E-state index is 11.9. The lowest BCUT2D eigenvalue weighted by atomic mass is 10.4. The van der Waals surface area contributed by atoms with E-state index in [9.17, 15) is 4.79 Å². The summed E-state index contributed by atoms with van der Waals surface area (Å²) in [6.07, 6.45) is 1.64. The summed E-state index contributed by atoms with van der Waals surface area (Å²) in [7, 11) is 0. The van der Waals surface area contributed by atoms with Crippen molar-refractivity contribution in [2.75, 3.05) is 5.32 Å². The average molecular weight is 377 g/mol. The highest BCUT2D eigenvalue weighted by Gasteiger charge is 2.09. The van der Waals surface area contributed by atoms with Gasteiger partial charge in [0.2, 0.25) is 5.13 Å². The molecule has 0 atom stereocenters. The van der Waals surface area contributed by atoms with Crippen molar-refractivity contribution in [3.05, 3.63) is 51.8 Å². The molecule has 0 amide bonds. The Morgan fingerprint density at radius 2 is 2.29 bits per heavy atom. The first kappa shape index (κ1) is 15.4. The quantitative estimate of drug-likeness (QED) is 0.497. The van der Waals surface area contributed by atoms with Crippen molar-refractivity contribution in [2.45, 2.75) is 16.6 Å². The normalized spacial score (nSPS) is 11.2. The summed E-state index contributed by atoms with van der Waals surface area (Å²) >= 11 is 4.34. The largest absolute Gasteiger partial charge is 0.467 e. The van der Waals surface area contributed by atoms with Crippen LogP contribution in [0.5, 0.6) is 0 Å². The number of nitrogens with zero attached hydrogens (tertiary/aromatic N) is 3. The van der Waals surface area contributed by atoms with Crippen molar-refractivity contribution < 1.29 is 4.42 Å². The molecule has 2 N–H and O–H groups in total. The van der Waals surface area contributed by atoms with Crippen LogP contribution in [0.25, 0.3) is 10.2 Å². The molecule has 4 heterocycles. The van der Waals surface area contributed by atoms with Crippen LogP contribution in [0.4, 0.5) is 5.13 Å². The number of aromatic amines is 1. The monoisotopic (exact) mass is 377 g/mol. The molecule has 0 saturated carbocycles. The molecule has 0 aromatic carbocycles. The van der Waals surface area contributed by atoms with Crippen LogP contribution in [0.2, 0.25) is 0 Å². The number of thioether (sulfide) groups is 1. The first-order valence-corrected chi connectivity index (χ1v) is 9.65. The van der Waals surface area contributed by atoms with Gasteiger partial charge >= 0.3 is 0 Å². The molecule has 0 unspecified atom stereocenters. The lowest BCUT2D eigenvalue weighted by Crippen LogP contribution is -2.09. The molecule has 122 valence electrons. The number of H-pyrrole nitrogens is 1. The molecule has 7 nitrogen and oxygen atoms in total. The highest BCUT2D eigenvalue weighted by Crippen LogP contribution is 2.28. The van der Waals surface area contributed by atoms with Crippen LogP contribution < -0.4 is 10.9 Å². The molecule has 0 aliphatic rings. The Hall–Kier alpha value is -2.17. The van der Waals surface area contributed by atoms with E-state index in [4.69, 9.17) is 4.42 Å². The molecule has 0 saturated heterocycles. The van der Waals surface area contributed by atoms with Gasteiger partial charge < -0.3 is 14.7 Å². The number of thiophene rings is 1. The highest BCUT2D eigenvalue weighted by atomic mass is 32.2. The Balaban J connectivity index is 1.39. The van der Waals surface area contributed by atoms with Crippen molar-refractivity contribution in [3.63, 3.8) is 0 Å². The van der Waals surface area contributed by atoms with E-state index in [1.54, 1.807) is 6.26 Å². The van der Waals surface area contributed by atoms with Gasteiger partial charge in [0.15, 0.2) is 4.34 Å². The Morgan fingerprint density at radius 1 is 1.33 bits per heavy atom. The second-order valence-corrected chi connectivity index (χ2v) is 7.86. The summed E-state index contributed by atoms with van der Waals surface area (Å²) in [6, 6.07) is 5.59. The smallest absolute Gasteiger partial charge is 0.268 e. The third kappa shape index (κ3) is 3.35. The van der Waals surface area contributed by atoms with Crippen molar-refractivity contribution in [1.82, 2.24) is 20.2 Å². The Morgan fingerprint density at radius 3 is 3.17 bits per heavy atom. The Bertz CT molecular complexity index is 1000. The molecule has 0 aliphatic heterocycles. The minimum Gasteiger partial charge on any atom is -0.467 e. The van der Waals surface area contributed by atoms with Crippen molar-refractivity contribution in [3.8, 4) is 0 Å². The van der Waals surface area contributed by atoms with Gasteiger partial charge in [0.1, 0.15) is 16.3 Å². The van der Waals surface area contributed by atoms with Gasteiger partial charge in [0.05, 0.1) is 24.1 Å². The van der Waals surface area contributed by atoms with Gasteiger partial charge in [-0.1, -0.05) is 23.1 Å². The van der Waals surface area contributed by atoms with Crippen LogP contribution >= 0.6 is 34.4 Å². The number of fused-ring (bicyclic) bond motifs is 1. The minimum absolute atomic E-state index is 0.0938. The summed E-state index contributed by atoms with van der Waals surface area (Å²) in [5.74, 6) is 2.01. The minimum atomic E-state index is -0.0938. The third-order valence-electron chi connectivity index (χ3n) is 3.10. The summed E-state index contributed by atoms with van der Waals surface area (Å²) in [4.78, 5) is 19.2. The molecule has 4 rings (SSSR count). The molecule has 0 aliphatic carbocycles. The first-order valence-electron chi connectivity index (χ1n) is 6.97. The lowest BCUT2D eigenvalue weighted by molar-refractivity contribution is 0.518. The Labute approximate surface area is 148 Å². The van der Waals surface area contributed by atoms with Crippen LogP contribution in [0, 0.1) is 0 Å². The maximum Gasteiger partial charge on any atom is 0.268 e. The highest BCUT2D eigenvalue weighted by molar-refractivity contribution is 8.00. The lowest BCUT2D eigenvalue weighted by Gasteiger charge is -1.98. The predicted octanol–water partition coefficient (Wildman–Crippen LogP) is 3.33.